The summed E-state index contributed by atoms with van der Waals surface area (Å²) in [5, 5.41) is 9.65. The summed E-state index contributed by atoms with van der Waals surface area (Å²) < 4.78 is 20.5. The van der Waals surface area contributed by atoms with E-state index in [0.717, 1.165) is 31.7 Å². The van der Waals surface area contributed by atoms with Crippen LogP contribution in [0.25, 0.3) is 0 Å². The summed E-state index contributed by atoms with van der Waals surface area (Å²) >= 11 is 5.18. The molecule has 2 aliphatic heterocycles. The molecule has 2 saturated heterocycles. The summed E-state index contributed by atoms with van der Waals surface area (Å²) in [5.41, 5.74) is 1.19. The maximum Gasteiger partial charge on any atom is 0.431 e. The van der Waals surface area contributed by atoms with E-state index in [1.165, 1.54) is 30.5 Å². The molecule has 0 unspecified atom stereocenters. The molecule has 1 aromatic heterocycles. The summed E-state index contributed by atoms with van der Waals surface area (Å²) in [6.07, 6.45) is 0.939. The lowest BCUT2D eigenvalue weighted by Gasteiger charge is -2.46. The average Bonchev–Trinajstić information content (AvgIpc) is 2.94. The smallest absolute Gasteiger partial charge is 0.431 e. The fourth-order valence-corrected chi connectivity index (χ4v) is 4.98. The summed E-state index contributed by atoms with van der Waals surface area (Å²) in [6, 6.07) is 17.0. The minimum atomic E-state index is -0.662. The first-order valence-electron chi connectivity index (χ1n) is 13.6. The third-order valence-corrected chi connectivity index (χ3v) is 7.09. The van der Waals surface area contributed by atoms with Gasteiger partial charge in [0, 0.05) is 69.3 Å². The van der Waals surface area contributed by atoms with Gasteiger partial charge in [-0.15, -0.1) is 5.06 Å². The normalized spacial score (nSPS) is 16.2. The number of likely N-dealkylation sites (tertiary alicyclic amines) is 1. The van der Waals surface area contributed by atoms with Crippen molar-refractivity contribution in [3.8, 4) is 11.5 Å². The lowest BCUT2D eigenvalue weighted by Crippen LogP contribution is -2.61. The van der Waals surface area contributed by atoms with Crippen LogP contribution in [0.5, 0.6) is 11.5 Å². The maximum atomic E-state index is 14.8. The quantitative estimate of drug-likeness (QED) is 0.336. The molecule has 0 radical (unpaired) electrons. The van der Waals surface area contributed by atoms with Crippen LogP contribution in [0.2, 0.25) is 0 Å². The molecule has 0 atom stereocenters. The number of hydroxylamine groups is 2. The van der Waals surface area contributed by atoms with Crippen LogP contribution in [-0.4, -0.2) is 89.3 Å². The number of nitrogens with one attached hydrogen (secondary N) is 3. The van der Waals surface area contributed by atoms with Gasteiger partial charge >= 0.3 is 6.09 Å². The second-order valence-corrected chi connectivity index (χ2v) is 10.5. The molecule has 2 aromatic carbocycles. The molecule has 5 rings (SSSR count). The number of nitrogens with zero attached hydrogens (tertiary/aromatic N) is 4. The molecule has 2 amide bonds. The van der Waals surface area contributed by atoms with Gasteiger partial charge in [-0.25, -0.2) is 14.2 Å². The highest BCUT2D eigenvalue weighted by atomic mass is 32.1. The number of pyridine rings is 1. The monoisotopic (exact) mass is 593 g/mol. The Labute approximate surface area is 248 Å². The van der Waals surface area contributed by atoms with Gasteiger partial charge in [0.25, 0.3) is 0 Å². The molecule has 0 bridgehead atoms. The van der Waals surface area contributed by atoms with Crippen molar-refractivity contribution >= 4 is 40.8 Å². The van der Waals surface area contributed by atoms with E-state index < -0.39 is 11.9 Å². The van der Waals surface area contributed by atoms with E-state index in [0.29, 0.717) is 24.8 Å². The minimum Gasteiger partial charge on any atom is -0.454 e. The molecule has 13 heteroatoms. The number of piperazine rings is 1. The minimum absolute atomic E-state index is 0.0464. The number of thiocarbonyl (C=S) groups is 1. The van der Waals surface area contributed by atoms with E-state index in [9.17, 15) is 14.0 Å². The van der Waals surface area contributed by atoms with Gasteiger partial charge in [0.2, 0.25) is 5.91 Å². The van der Waals surface area contributed by atoms with Gasteiger partial charge in [0.1, 0.15) is 11.6 Å². The predicted octanol–water partition coefficient (Wildman–Crippen LogP) is 3.46. The molecule has 2 fully saturated rings. The number of benzene rings is 2. The molecule has 3 heterocycles. The van der Waals surface area contributed by atoms with Crippen molar-refractivity contribution in [1.82, 2.24) is 25.2 Å². The fourth-order valence-electron chi connectivity index (χ4n) is 4.75. The first kappa shape index (κ1) is 29.3. The molecular weight excluding hydrogens is 561 g/mol. The van der Waals surface area contributed by atoms with Crippen molar-refractivity contribution in [2.45, 2.75) is 12.5 Å². The van der Waals surface area contributed by atoms with Gasteiger partial charge < -0.3 is 25.1 Å². The second kappa shape index (κ2) is 13.7. The van der Waals surface area contributed by atoms with Gasteiger partial charge in [0.15, 0.2) is 16.7 Å². The molecule has 3 N–H and O–H groups in total. The van der Waals surface area contributed by atoms with Crippen LogP contribution in [0.15, 0.2) is 66.9 Å². The van der Waals surface area contributed by atoms with Crippen LogP contribution >= 0.6 is 12.2 Å². The topological polar surface area (TPSA) is 111 Å². The van der Waals surface area contributed by atoms with Gasteiger partial charge in [0.05, 0.1) is 6.42 Å². The van der Waals surface area contributed by atoms with E-state index >= 15 is 0 Å². The highest BCUT2D eigenvalue weighted by molar-refractivity contribution is 7.80. The Morgan fingerprint density at radius 3 is 2.50 bits per heavy atom. The molecule has 11 nitrogen and oxygen atoms in total. The number of hydrogen-bond acceptors (Lipinski definition) is 9. The summed E-state index contributed by atoms with van der Waals surface area (Å²) in [6.45, 7) is 5.06. The lowest BCUT2D eigenvalue weighted by molar-refractivity contribution is -0.128. The summed E-state index contributed by atoms with van der Waals surface area (Å²) in [5.74, 6) is -0.525. The number of aromatic nitrogens is 1. The third kappa shape index (κ3) is 8.19. The van der Waals surface area contributed by atoms with Crippen molar-refractivity contribution < 1.29 is 23.6 Å². The van der Waals surface area contributed by atoms with E-state index in [1.54, 1.807) is 11.1 Å². The Balaban J connectivity index is 1.08. The second-order valence-electron chi connectivity index (χ2n) is 10.1. The highest BCUT2D eigenvalue weighted by Crippen LogP contribution is 2.28. The zero-order chi connectivity index (χ0) is 29.5. The van der Waals surface area contributed by atoms with Crippen LogP contribution in [0.3, 0.4) is 0 Å². The van der Waals surface area contributed by atoms with Crippen molar-refractivity contribution in [1.29, 1.82) is 0 Å². The van der Waals surface area contributed by atoms with E-state index in [-0.39, 0.29) is 34.8 Å². The Kier molecular flexibility index (Phi) is 9.54. The predicted molar refractivity (Wildman–Crippen MR) is 160 cm³/mol. The molecule has 220 valence electrons. The summed E-state index contributed by atoms with van der Waals surface area (Å²) in [4.78, 5) is 38.9. The molecule has 2 aliphatic rings. The molecule has 0 saturated carbocycles. The molecular formula is C29H32FN7O4S. The van der Waals surface area contributed by atoms with E-state index in [1.807, 2.05) is 30.3 Å². The van der Waals surface area contributed by atoms with Crippen LogP contribution in [0.1, 0.15) is 5.56 Å². The molecule has 42 heavy (non-hydrogen) atoms. The number of carbonyl (C=O) groups excluding carboxylic acids is 2. The van der Waals surface area contributed by atoms with Gasteiger partial charge in [-0.3, -0.25) is 15.0 Å². The number of rotatable bonds is 8. The van der Waals surface area contributed by atoms with Crippen molar-refractivity contribution in [2.75, 3.05) is 56.9 Å². The van der Waals surface area contributed by atoms with E-state index in [2.05, 4.69) is 37.8 Å². The third-order valence-electron chi connectivity index (χ3n) is 6.89. The van der Waals surface area contributed by atoms with Crippen molar-refractivity contribution in [2.24, 2.45) is 0 Å². The number of ether oxygens (including phenoxy) is 1. The maximum absolute atomic E-state index is 14.8. The van der Waals surface area contributed by atoms with Gasteiger partial charge in [-0.1, -0.05) is 30.3 Å². The fraction of sp³-hybridized carbons (Fsp3) is 0.310. The van der Waals surface area contributed by atoms with Crippen LogP contribution in [-0.2, 0) is 16.1 Å². The Morgan fingerprint density at radius 1 is 1.02 bits per heavy atom. The van der Waals surface area contributed by atoms with Crippen LogP contribution < -0.4 is 20.7 Å². The Morgan fingerprint density at radius 2 is 1.79 bits per heavy atom. The number of carbonyl (C=O) groups is 2. The molecule has 0 aliphatic carbocycles. The number of hydrogen-bond donors (Lipinski definition) is 3. The number of amides is 2. The SMILES string of the molecule is CN1CC(N2CCN(OC(=O)Nc3cc(Oc4ccc(NC(=S)NC(=O)Cc5ccccc5)cc4F)ccn3)CC2)C1. The molecule has 0 spiro atoms. The number of anilines is 2. The standard InChI is InChI=1S/C29H32FN7O4S/c1-35-18-22(19-35)36-11-13-37(14-12-36)41-29(39)33-26-17-23(9-10-31-26)40-25-8-7-21(16-24(25)30)32-28(42)34-27(38)15-20-5-3-2-4-6-20/h2-10,16-17,22H,11-15,18-19H2,1H3,(H,31,33,39)(H2,32,34,38,42). The lowest BCUT2D eigenvalue weighted by atomic mass is 10.1. The van der Waals surface area contributed by atoms with Crippen LogP contribution in [0, 0.1) is 5.82 Å². The van der Waals surface area contributed by atoms with Gasteiger partial charge in [-0.05, 0) is 43.0 Å². The van der Waals surface area contributed by atoms with Crippen LogP contribution in [0.4, 0.5) is 20.7 Å². The zero-order valence-electron chi connectivity index (χ0n) is 23.1. The number of likely N-dealkylation sites (N-methyl/N-ethyl adjacent to an activating group) is 1. The highest BCUT2D eigenvalue weighted by Gasteiger charge is 2.32. The first-order valence-corrected chi connectivity index (χ1v) is 14.0. The first-order chi connectivity index (χ1) is 20.3. The zero-order valence-corrected chi connectivity index (χ0v) is 23.9. The van der Waals surface area contributed by atoms with E-state index in [4.69, 9.17) is 21.8 Å². The number of halogens is 1. The summed E-state index contributed by atoms with van der Waals surface area (Å²) in [7, 11) is 2.10. The Bertz CT molecular complexity index is 1420. The average molecular weight is 594 g/mol. The molecule has 3 aromatic rings. The Hall–Kier alpha value is -4.17. The van der Waals surface area contributed by atoms with Crippen molar-refractivity contribution in [3.63, 3.8) is 0 Å². The largest absolute Gasteiger partial charge is 0.454 e. The van der Waals surface area contributed by atoms with Gasteiger partial charge in [-0.2, -0.15) is 0 Å². The van der Waals surface area contributed by atoms with Crippen molar-refractivity contribution in [3.05, 3.63) is 78.2 Å².